The number of benzene rings is 1. The number of hydrogen-bond donors (Lipinski definition) is 1. The van der Waals surface area contributed by atoms with Gasteiger partial charge in [0.1, 0.15) is 0 Å². The van der Waals surface area contributed by atoms with Gasteiger partial charge >= 0.3 is 0 Å². The Morgan fingerprint density at radius 3 is 3.00 bits per heavy atom. The molecule has 0 fully saturated rings. The van der Waals surface area contributed by atoms with Crippen molar-refractivity contribution in [2.24, 2.45) is 5.73 Å². The molecule has 0 aliphatic rings. The Kier molecular flexibility index (Phi) is 3.69. The average molecular weight is 263 g/mol. The van der Waals surface area contributed by atoms with Crippen molar-refractivity contribution in [3.8, 4) is 11.3 Å². The first kappa shape index (κ1) is 12.7. The van der Waals surface area contributed by atoms with Crippen LogP contribution in [0.15, 0.2) is 29.6 Å². The van der Waals surface area contributed by atoms with Gasteiger partial charge in [-0.25, -0.2) is 4.98 Å². The van der Waals surface area contributed by atoms with Crippen molar-refractivity contribution in [3.63, 3.8) is 0 Å². The molecule has 18 heavy (non-hydrogen) atoms. The topological polar surface area (TPSA) is 82.0 Å². The van der Waals surface area contributed by atoms with Gasteiger partial charge in [-0.2, -0.15) is 0 Å². The highest BCUT2D eigenvalue weighted by Gasteiger charge is 2.12. The maximum absolute atomic E-state index is 10.7. The summed E-state index contributed by atoms with van der Waals surface area (Å²) in [6.07, 6.45) is 0. The van der Waals surface area contributed by atoms with Gasteiger partial charge in [-0.15, -0.1) is 11.3 Å². The van der Waals surface area contributed by atoms with Crippen molar-refractivity contribution in [2.45, 2.75) is 12.8 Å². The van der Waals surface area contributed by atoms with Gasteiger partial charge in [-0.1, -0.05) is 19.1 Å². The number of thiazole rings is 1. The fourth-order valence-corrected chi connectivity index (χ4v) is 2.43. The number of non-ortho nitro benzene ring substituents is 1. The van der Waals surface area contributed by atoms with Crippen LogP contribution in [0.1, 0.15) is 17.8 Å². The molecule has 0 radical (unpaired) electrons. The van der Waals surface area contributed by atoms with E-state index in [1.165, 1.54) is 23.5 Å². The molecule has 0 saturated heterocycles. The Balaban J connectivity index is 2.34. The number of nitro benzene ring substituents is 1. The van der Waals surface area contributed by atoms with Crippen LogP contribution in [-0.2, 0) is 0 Å². The van der Waals surface area contributed by atoms with Crippen LogP contribution in [0.25, 0.3) is 11.3 Å². The molecule has 0 saturated carbocycles. The summed E-state index contributed by atoms with van der Waals surface area (Å²) in [4.78, 5) is 14.8. The maximum atomic E-state index is 10.7. The summed E-state index contributed by atoms with van der Waals surface area (Å²) in [5.74, 6) is 0.211. The first-order valence-electron chi connectivity index (χ1n) is 5.52. The Morgan fingerprint density at radius 1 is 1.56 bits per heavy atom. The van der Waals surface area contributed by atoms with Gasteiger partial charge in [-0.05, 0) is 0 Å². The molecule has 6 heteroatoms. The summed E-state index contributed by atoms with van der Waals surface area (Å²) < 4.78 is 0. The van der Waals surface area contributed by atoms with Crippen LogP contribution < -0.4 is 5.73 Å². The van der Waals surface area contributed by atoms with Crippen LogP contribution in [0, 0.1) is 10.1 Å². The van der Waals surface area contributed by atoms with Crippen molar-refractivity contribution in [1.29, 1.82) is 0 Å². The molecule has 2 rings (SSSR count). The first-order chi connectivity index (χ1) is 8.61. The summed E-state index contributed by atoms with van der Waals surface area (Å²) in [6, 6.07) is 6.49. The molecule has 1 aromatic heterocycles. The highest BCUT2D eigenvalue weighted by Crippen LogP contribution is 2.27. The van der Waals surface area contributed by atoms with E-state index in [0.29, 0.717) is 6.54 Å². The molecule has 0 aliphatic carbocycles. The molecular weight excluding hydrogens is 250 g/mol. The molecule has 1 atom stereocenters. The van der Waals surface area contributed by atoms with E-state index in [9.17, 15) is 10.1 Å². The molecule has 1 unspecified atom stereocenters. The SMILES string of the molecule is CC(CN)c1nc(-c2cccc([N+](=O)[O-])c2)cs1. The predicted molar refractivity (Wildman–Crippen MR) is 71.7 cm³/mol. The molecule has 0 aliphatic heterocycles. The summed E-state index contributed by atoms with van der Waals surface area (Å²) >= 11 is 1.53. The van der Waals surface area contributed by atoms with E-state index in [0.717, 1.165) is 16.3 Å². The number of nitro groups is 1. The third kappa shape index (κ3) is 2.55. The lowest BCUT2D eigenvalue weighted by Crippen LogP contribution is -2.08. The second-order valence-corrected chi connectivity index (χ2v) is 4.90. The lowest BCUT2D eigenvalue weighted by Gasteiger charge is -2.02. The molecule has 0 spiro atoms. The number of rotatable bonds is 4. The Morgan fingerprint density at radius 2 is 2.33 bits per heavy atom. The van der Waals surface area contributed by atoms with Crippen LogP contribution in [0.2, 0.25) is 0 Å². The number of hydrogen-bond acceptors (Lipinski definition) is 5. The number of aromatic nitrogens is 1. The highest BCUT2D eigenvalue weighted by atomic mass is 32.1. The normalized spacial score (nSPS) is 12.3. The first-order valence-corrected chi connectivity index (χ1v) is 6.40. The predicted octanol–water partition coefficient (Wildman–Crippen LogP) is 2.78. The molecule has 1 aromatic carbocycles. The van der Waals surface area contributed by atoms with E-state index in [4.69, 9.17) is 5.73 Å². The van der Waals surface area contributed by atoms with Crippen molar-refractivity contribution in [2.75, 3.05) is 6.54 Å². The quantitative estimate of drug-likeness (QED) is 0.679. The molecular formula is C12H13N3O2S. The smallest absolute Gasteiger partial charge is 0.270 e. The minimum atomic E-state index is -0.403. The molecule has 0 amide bonds. The molecule has 2 aromatic rings. The second kappa shape index (κ2) is 5.24. The van der Waals surface area contributed by atoms with Crippen molar-refractivity contribution in [3.05, 3.63) is 44.8 Å². The van der Waals surface area contributed by atoms with Gasteiger partial charge in [0, 0.05) is 35.5 Å². The molecule has 0 bridgehead atoms. The van der Waals surface area contributed by atoms with Crippen LogP contribution >= 0.6 is 11.3 Å². The molecule has 5 nitrogen and oxygen atoms in total. The van der Waals surface area contributed by atoms with Crippen molar-refractivity contribution in [1.82, 2.24) is 4.98 Å². The van der Waals surface area contributed by atoms with E-state index in [2.05, 4.69) is 4.98 Å². The Bertz CT molecular complexity index is 568. The second-order valence-electron chi connectivity index (χ2n) is 4.02. The lowest BCUT2D eigenvalue weighted by molar-refractivity contribution is -0.384. The van der Waals surface area contributed by atoms with Crippen LogP contribution in [0.4, 0.5) is 5.69 Å². The van der Waals surface area contributed by atoms with Crippen LogP contribution in [0.5, 0.6) is 0 Å². The van der Waals surface area contributed by atoms with Crippen LogP contribution in [0.3, 0.4) is 0 Å². The summed E-state index contributed by atoms with van der Waals surface area (Å²) in [7, 11) is 0. The van der Waals surface area contributed by atoms with Crippen LogP contribution in [-0.4, -0.2) is 16.5 Å². The van der Waals surface area contributed by atoms with Gasteiger partial charge in [0.25, 0.3) is 5.69 Å². The zero-order valence-corrected chi connectivity index (χ0v) is 10.7. The zero-order valence-electron chi connectivity index (χ0n) is 9.87. The lowest BCUT2D eigenvalue weighted by atomic mass is 10.1. The van der Waals surface area contributed by atoms with Gasteiger partial charge in [0.15, 0.2) is 0 Å². The van der Waals surface area contributed by atoms with Gasteiger partial charge in [-0.3, -0.25) is 10.1 Å². The standard InChI is InChI=1S/C12H13N3O2S/c1-8(6-13)12-14-11(7-18-12)9-3-2-4-10(5-9)15(16)17/h2-5,7-8H,6,13H2,1H3. The largest absolute Gasteiger partial charge is 0.330 e. The fraction of sp³-hybridized carbons (Fsp3) is 0.250. The fourth-order valence-electron chi connectivity index (χ4n) is 1.53. The number of nitrogens with zero attached hydrogens (tertiary/aromatic N) is 2. The van der Waals surface area contributed by atoms with E-state index in [1.807, 2.05) is 18.4 Å². The summed E-state index contributed by atoms with van der Waals surface area (Å²) in [6.45, 7) is 2.55. The van der Waals surface area contributed by atoms with Gasteiger partial charge in [0.05, 0.1) is 15.6 Å². The van der Waals surface area contributed by atoms with E-state index in [-0.39, 0.29) is 11.6 Å². The van der Waals surface area contributed by atoms with Gasteiger partial charge in [0.2, 0.25) is 0 Å². The third-order valence-electron chi connectivity index (χ3n) is 2.65. The van der Waals surface area contributed by atoms with Crippen molar-refractivity contribution < 1.29 is 4.92 Å². The third-order valence-corrected chi connectivity index (χ3v) is 3.73. The van der Waals surface area contributed by atoms with E-state index < -0.39 is 4.92 Å². The summed E-state index contributed by atoms with van der Waals surface area (Å²) in [5.41, 5.74) is 7.19. The maximum Gasteiger partial charge on any atom is 0.270 e. The minimum absolute atomic E-state index is 0.0777. The zero-order chi connectivity index (χ0) is 13.1. The van der Waals surface area contributed by atoms with E-state index in [1.54, 1.807) is 6.07 Å². The molecule has 2 N–H and O–H groups in total. The van der Waals surface area contributed by atoms with E-state index >= 15 is 0 Å². The monoisotopic (exact) mass is 263 g/mol. The Labute approximate surface area is 108 Å². The van der Waals surface area contributed by atoms with Gasteiger partial charge < -0.3 is 5.73 Å². The highest BCUT2D eigenvalue weighted by molar-refractivity contribution is 7.10. The Hall–Kier alpha value is -1.79. The average Bonchev–Trinajstić information content (AvgIpc) is 2.87. The molecule has 1 heterocycles. The van der Waals surface area contributed by atoms with Crippen molar-refractivity contribution >= 4 is 17.0 Å². The number of nitrogens with two attached hydrogens (primary N) is 1. The summed E-state index contributed by atoms with van der Waals surface area (Å²) in [5, 5.41) is 13.6. The molecule has 94 valence electrons. The minimum Gasteiger partial charge on any atom is -0.330 e.